The van der Waals surface area contributed by atoms with Crippen molar-refractivity contribution < 1.29 is 24.4 Å². The predicted molar refractivity (Wildman–Crippen MR) is 132 cm³/mol. The van der Waals surface area contributed by atoms with E-state index in [0.29, 0.717) is 29.4 Å². The molecular formula is C27H25N3O6. The number of ketones is 1. The monoisotopic (exact) mass is 487 g/mol. The zero-order valence-corrected chi connectivity index (χ0v) is 19.8. The highest BCUT2D eigenvalue weighted by Crippen LogP contribution is 2.41. The van der Waals surface area contributed by atoms with Gasteiger partial charge in [0.2, 0.25) is 0 Å². The molecule has 0 bridgehead atoms. The smallest absolute Gasteiger partial charge is 0.295 e. The first kappa shape index (κ1) is 24.6. The minimum absolute atomic E-state index is 0.0702. The van der Waals surface area contributed by atoms with Crippen LogP contribution in [0.5, 0.6) is 5.75 Å². The van der Waals surface area contributed by atoms with E-state index in [4.69, 9.17) is 4.74 Å². The molecule has 3 aromatic rings. The minimum atomic E-state index is -0.938. The first-order valence-electron chi connectivity index (χ1n) is 11.4. The number of hydrogen-bond donors (Lipinski definition) is 1. The van der Waals surface area contributed by atoms with Crippen LogP contribution in [0.2, 0.25) is 0 Å². The SMILES string of the molecule is CC(C)COc1cccc(C2/C(=C(/O)c3cccc([N+](=O)[O-])c3)C(=O)C(=O)N2Cc2cccnc2)c1. The first-order valence-corrected chi connectivity index (χ1v) is 11.4. The fraction of sp³-hybridized carbons (Fsp3) is 0.222. The molecule has 0 spiro atoms. The van der Waals surface area contributed by atoms with Crippen molar-refractivity contribution in [3.8, 4) is 5.75 Å². The van der Waals surface area contributed by atoms with Gasteiger partial charge in [-0.3, -0.25) is 24.7 Å². The van der Waals surface area contributed by atoms with E-state index in [1.165, 1.54) is 29.2 Å². The van der Waals surface area contributed by atoms with Crippen LogP contribution < -0.4 is 4.74 Å². The Balaban J connectivity index is 1.85. The van der Waals surface area contributed by atoms with Crippen molar-refractivity contribution in [2.45, 2.75) is 26.4 Å². The van der Waals surface area contributed by atoms with Gasteiger partial charge in [-0.05, 0) is 35.2 Å². The number of nitro benzene ring substituents is 1. The number of nitro groups is 1. The minimum Gasteiger partial charge on any atom is -0.507 e. The van der Waals surface area contributed by atoms with Crippen molar-refractivity contribution in [2.24, 2.45) is 5.92 Å². The molecule has 9 nitrogen and oxygen atoms in total. The number of rotatable bonds is 8. The number of ether oxygens (including phenoxy) is 1. The van der Waals surface area contributed by atoms with E-state index in [1.807, 2.05) is 13.8 Å². The topological polar surface area (TPSA) is 123 Å². The van der Waals surface area contributed by atoms with Crippen LogP contribution >= 0.6 is 0 Å². The molecular weight excluding hydrogens is 462 g/mol. The number of likely N-dealkylation sites (tertiary alicyclic amines) is 1. The van der Waals surface area contributed by atoms with Gasteiger partial charge in [0.15, 0.2) is 0 Å². The Morgan fingerprint density at radius 2 is 1.92 bits per heavy atom. The Hall–Kier alpha value is -4.53. The highest BCUT2D eigenvalue weighted by Gasteiger charge is 2.46. The van der Waals surface area contributed by atoms with Gasteiger partial charge in [-0.15, -0.1) is 0 Å². The summed E-state index contributed by atoms with van der Waals surface area (Å²) in [5.41, 5.74) is 0.939. The second-order valence-electron chi connectivity index (χ2n) is 8.87. The molecule has 4 rings (SSSR count). The van der Waals surface area contributed by atoms with Gasteiger partial charge in [0.25, 0.3) is 17.4 Å². The lowest BCUT2D eigenvalue weighted by atomic mass is 9.95. The summed E-state index contributed by atoms with van der Waals surface area (Å²) < 4.78 is 5.85. The van der Waals surface area contributed by atoms with E-state index < -0.39 is 28.4 Å². The van der Waals surface area contributed by atoms with Gasteiger partial charge in [-0.1, -0.05) is 44.2 Å². The Labute approximate surface area is 207 Å². The molecule has 9 heteroatoms. The van der Waals surface area contributed by atoms with Crippen molar-refractivity contribution in [3.05, 3.63) is 105 Å². The highest BCUT2D eigenvalue weighted by atomic mass is 16.6. The van der Waals surface area contributed by atoms with Crippen molar-refractivity contribution in [1.82, 2.24) is 9.88 Å². The van der Waals surface area contributed by atoms with Gasteiger partial charge in [-0.25, -0.2) is 0 Å². The third kappa shape index (κ3) is 5.10. The molecule has 1 aliphatic heterocycles. The fourth-order valence-corrected chi connectivity index (χ4v) is 4.04. The largest absolute Gasteiger partial charge is 0.507 e. The molecule has 0 aliphatic carbocycles. The van der Waals surface area contributed by atoms with Crippen LogP contribution in [0.25, 0.3) is 5.76 Å². The van der Waals surface area contributed by atoms with Gasteiger partial charge in [0.05, 0.1) is 23.1 Å². The van der Waals surface area contributed by atoms with Crippen LogP contribution in [0.3, 0.4) is 0 Å². The summed E-state index contributed by atoms with van der Waals surface area (Å²) in [6.07, 6.45) is 3.20. The van der Waals surface area contributed by atoms with E-state index in [0.717, 1.165) is 0 Å². The number of aromatic nitrogens is 1. The number of aliphatic hydroxyl groups excluding tert-OH is 1. The number of nitrogens with zero attached hydrogens (tertiary/aromatic N) is 3. The molecule has 0 radical (unpaired) electrons. The average molecular weight is 488 g/mol. The number of carbonyl (C=O) groups is 2. The van der Waals surface area contributed by atoms with Crippen LogP contribution in [-0.4, -0.2) is 38.2 Å². The molecule has 1 amide bonds. The summed E-state index contributed by atoms with van der Waals surface area (Å²) in [5, 5.41) is 22.4. The average Bonchev–Trinajstić information content (AvgIpc) is 3.13. The normalized spacial score (nSPS) is 17.0. The molecule has 1 saturated heterocycles. The Bertz CT molecular complexity index is 1340. The molecule has 2 aromatic carbocycles. The van der Waals surface area contributed by atoms with Gasteiger partial charge in [0.1, 0.15) is 11.5 Å². The van der Waals surface area contributed by atoms with Crippen LogP contribution in [0.4, 0.5) is 5.69 Å². The summed E-state index contributed by atoms with van der Waals surface area (Å²) in [7, 11) is 0. The second-order valence-corrected chi connectivity index (χ2v) is 8.87. The number of amides is 1. The van der Waals surface area contributed by atoms with Crippen LogP contribution in [0, 0.1) is 16.0 Å². The van der Waals surface area contributed by atoms with Gasteiger partial charge >= 0.3 is 0 Å². The van der Waals surface area contributed by atoms with E-state index in [9.17, 15) is 24.8 Å². The standard InChI is InChI=1S/C27H25N3O6/c1-17(2)16-36-22-10-4-7-19(13-22)24-23(25(31)20-8-3-9-21(12-20)30(34)35)26(32)27(33)29(24)15-18-6-5-11-28-14-18/h3-14,17,24,31H,15-16H2,1-2H3/b25-23-. The third-order valence-corrected chi connectivity index (χ3v) is 5.70. The van der Waals surface area contributed by atoms with Gasteiger partial charge in [-0.2, -0.15) is 0 Å². The molecule has 1 aromatic heterocycles. The predicted octanol–water partition coefficient (Wildman–Crippen LogP) is 4.65. The summed E-state index contributed by atoms with van der Waals surface area (Å²) in [6.45, 7) is 4.59. The zero-order chi connectivity index (χ0) is 25.8. The first-order chi connectivity index (χ1) is 17.3. The summed E-state index contributed by atoms with van der Waals surface area (Å²) in [4.78, 5) is 42.5. The lowest BCUT2D eigenvalue weighted by molar-refractivity contribution is -0.384. The van der Waals surface area contributed by atoms with E-state index in [1.54, 1.807) is 48.8 Å². The van der Waals surface area contributed by atoms with E-state index >= 15 is 0 Å². The van der Waals surface area contributed by atoms with Crippen molar-refractivity contribution in [1.29, 1.82) is 0 Å². The number of pyridine rings is 1. The molecule has 1 unspecified atom stereocenters. The zero-order valence-electron chi connectivity index (χ0n) is 19.8. The van der Waals surface area contributed by atoms with Gasteiger partial charge < -0.3 is 14.7 Å². The lowest BCUT2D eigenvalue weighted by Gasteiger charge is -2.25. The number of Topliss-reactive ketones (excluding diaryl/α,β-unsaturated/α-hetero) is 1. The maximum Gasteiger partial charge on any atom is 0.295 e. The quantitative estimate of drug-likeness (QED) is 0.161. The molecule has 36 heavy (non-hydrogen) atoms. The molecule has 1 aliphatic rings. The number of benzene rings is 2. The maximum atomic E-state index is 13.2. The number of hydrogen-bond acceptors (Lipinski definition) is 7. The fourth-order valence-electron chi connectivity index (χ4n) is 4.04. The van der Waals surface area contributed by atoms with Crippen LogP contribution in [0.1, 0.15) is 36.6 Å². The Morgan fingerprint density at radius 1 is 1.14 bits per heavy atom. The second kappa shape index (κ2) is 10.4. The Morgan fingerprint density at radius 3 is 2.61 bits per heavy atom. The van der Waals surface area contributed by atoms with Crippen molar-refractivity contribution in [2.75, 3.05) is 6.61 Å². The molecule has 1 N–H and O–H groups in total. The van der Waals surface area contributed by atoms with Crippen LogP contribution in [0.15, 0.2) is 78.6 Å². The number of carbonyl (C=O) groups excluding carboxylic acids is 2. The number of non-ortho nitro benzene ring substituents is 1. The Kier molecular flexibility index (Phi) is 7.10. The molecule has 184 valence electrons. The summed E-state index contributed by atoms with van der Waals surface area (Å²) in [5.74, 6) is -1.29. The van der Waals surface area contributed by atoms with Crippen molar-refractivity contribution >= 4 is 23.1 Å². The molecule has 1 atom stereocenters. The molecule has 0 saturated carbocycles. The third-order valence-electron chi connectivity index (χ3n) is 5.70. The summed E-state index contributed by atoms with van der Waals surface area (Å²) in [6, 6.07) is 14.9. The number of aliphatic hydroxyl groups is 1. The van der Waals surface area contributed by atoms with Crippen molar-refractivity contribution in [3.63, 3.8) is 0 Å². The van der Waals surface area contributed by atoms with Gasteiger partial charge in [0, 0.05) is 36.6 Å². The molecule has 2 heterocycles. The van der Waals surface area contributed by atoms with E-state index in [-0.39, 0.29) is 23.4 Å². The summed E-state index contributed by atoms with van der Waals surface area (Å²) >= 11 is 0. The lowest BCUT2D eigenvalue weighted by Crippen LogP contribution is -2.29. The maximum absolute atomic E-state index is 13.2. The highest BCUT2D eigenvalue weighted by molar-refractivity contribution is 6.46. The van der Waals surface area contributed by atoms with Crippen LogP contribution in [-0.2, 0) is 16.1 Å². The van der Waals surface area contributed by atoms with E-state index in [2.05, 4.69) is 4.98 Å². The molecule has 1 fully saturated rings.